The van der Waals surface area contributed by atoms with E-state index in [-0.39, 0.29) is 0 Å². The molecule has 0 aromatic rings. The standard InChI is InChI=1S/C8H8Cl2/c1-6-4-2-3-5-7(9)8(6)10/h3-5H,2H2,1H3. The molecule has 0 radical (unpaired) electrons. The Labute approximate surface area is 70.8 Å². The highest BCUT2D eigenvalue weighted by Crippen LogP contribution is 2.25. The topological polar surface area (TPSA) is 0 Å². The van der Waals surface area contributed by atoms with Gasteiger partial charge in [0.15, 0.2) is 0 Å². The zero-order chi connectivity index (χ0) is 7.56. The van der Waals surface area contributed by atoms with Crippen LogP contribution in [0.4, 0.5) is 0 Å². The summed E-state index contributed by atoms with van der Waals surface area (Å²) < 4.78 is 0. The van der Waals surface area contributed by atoms with Crippen molar-refractivity contribution in [2.75, 3.05) is 0 Å². The summed E-state index contributed by atoms with van der Waals surface area (Å²) in [6, 6.07) is 0. The average molecular weight is 175 g/mol. The lowest BCUT2D eigenvalue weighted by atomic mass is 10.2. The molecule has 0 saturated heterocycles. The van der Waals surface area contributed by atoms with Crippen molar-refractivity contribution in [3.63, 3.8) is 0 Å². The van der Waals surface area contributed by atoms with Gasteiger partial charge < -0.3 is 0 Å². The van der Waals surface area contributed by atoms with Crippen LogP contribution < -0.4 is 0 Å². The molecule has 1 aliphatic carbocycles. The van der Waals surface area contributed by atoms with Crippen molar-refractivity contribution in [2.45, 2.75) is 13.3 Å². The van der Waals surface area contributed by atoms with Crippen LogP contribution in [0.3, 0.4) is 0 Å². The Morgan fingerprint density at radius 3 is 2.80 bits per heavy atom. The molecule has 1 aliphatic rings. The molecule has 10 heavy (non-hydrogen) atoms. The van der Waals surface area contributed by atoms with Gasteiger partial charge in [0.2, 0.25) is 0 Å². The first kappa shape index (κ1) is 7.90. The summed E-state index contributed by atoms with van der Waals surface area (Å²) in [4.78, 5) is 0. The molecule has 0 nitrogen and oxygen atoms in total. The molecule has 0 bridgehead atoms. The molecule has 0 atom stereocenters. The predicted molar refractivity (Wildman–Crippen MR) is 46.2 cm³/mol. The van der Waals surface area contributed by atoms with E-state index in [0.29, 0.717) is 10.1 Å². The Morgan fingerprint density at radius 1 is 1.40 bits per heavy atom. The van der Waals surface area contributed by atoms with Crippen molar-refractivity contribution in [3.05, 3.63) is 33.9 Å². The van der Waals surface area contributed by atoms with Crippen molar-refractivity contribution in [1.82, 2.24) is 0 Å². The number of allylic oxidation sites excluding steroid dienone is 6. The van der Waals surface area contributed by atoms with E-state index < -0.39 is 0 Å². The smallest absolute Gasteiger partial charge is 0.0618 e. The summed E-state index contributed by atoms with van der Waals surface area (Å²) in [5, 5.41) is 1.29. The van der Waals surface area contributed by atoms with Crippen LogP contribution in [-0.4, -0.2) is 0 Å². The monoisotopic (exact) mass is 174 g/mol. The first-order chi connectivity index (χ1) is 4.72. The maximum Gasteiger partial charge on any atom is 0.0618 e. The third kappa shape index (κ3) is 1.65. The van der Waals surface area contributed by atoms with Crippen molar-refractivity contribution < 1.29 is 0 Å². The van der Waals surface area contributed by atoms with Gasteiger partial charge in [0.1, 0.15) is 0 Å². The lowest BCUT2D eigenvalue weighted by molar-refractivity contribution is 1.34. The fraction of sp³-hybridized carbons (Fsp3) is 0.250. The predicted octanol–water partition coefficient (Wildman–Crippen LogP) is 3.58. The maximum absolute atomic E-state index is 5.85. The Morgan fingerprint density at radius 2 is 2.10 bits per heavy atom. The molecule has 0 saturated carbocycles. The number of halogens is 2. The Hall–Kier alpha value is -0.200. The Bertz CT molecular complexity index is 221. The lowest BCUT2D eigenvalue weighted by Crippen LogP contribution is -1.75. The second-order valence-electron chi connectivity index (χ2n) is 2.19. The van der Waals surface area contributed by atoms with Crippen LogP contribution in [0.25, 0.3) is 0 Å². The molecule has 0 aromatic heterocycles. The van der Waals surface area contributed by atoms with Crippen LogP contribution >= 0.6 is 23.2 Å². The lowest BCUT2D eigenvalue weighted by Gasteiger charge is -1.96. The van der Waals surface area contributed by atoms with Gasteiger partial charge >= 0.3 is 0 Å². The van der Waals surface area contributed by atoms with Crippen molar-refractivity contribution >= 4 is 23.2 Å². The summed E-state index contributed by atoms with van der Waals surface area (Å²) in [5.41, 5.74) is 1.05. The molecule has 0 spiro atoms. The van der Waals surface area contributed by atoms with Crippen LogP contribution in [0.15, 0.2) is 33.9 Å². The van der Waals surface area contributed by atoms with Gasteiger partial charge in [-0.3, -0.25) is 0 Å². The molecule has 0 heterocycles. The van der Waals surface area contributed by atoms with Gasteiger partial charge in [-0.1, -0.05) is 35.4 Å². The van der Waals surface area contributed by atoms with Gasteiger partial charge in [0.25, 0.3) is 0 Å². The van der Waals surface area contributed by atoms with Gasteiger partial charge in [-0.25, -0.2) is 0 Å². The molecular formula is C8H8Cl2. The Kier molecular flexibility index (Phi) is 2.58. The van der Waals surface area contributed by atoms with Gasteiger partial charge in [0.05, 0.1) is 10.1 Å². The quantitative estimate of drug-likeness (QED) is 0.527. The normalized spacial score (nSPS) is 18.9. The molecular weight excluding hydrogens is 167 g/mol. The van der Waals surface area contributed by atoms with Gasteiger partial charge in [0, 0.05) is 0 Å². The molecule has 0 fully saturated rings. The Balaban J connectivity index is 3.02. The molecule has 0 unspecified atom stereocenters. The van der Waals surface area contributed by atoms with Gasteiger partial charge in [-0.05, 0) is 25.0 Å². The van der Waals surface area contributed by atoms with Crippen LogP contribution in [0.5, 0.6) is 0 Å². The van der Waals surface area contributed by atoms with Gasteiger partial charge in [-0.2, -0.15) is 0 Å². The minimum atomic E-state index is 0.632. The summed E-state index contributed by atoms with van der Waals surface area (Å²) in [7, 11) is 0. The van der Waals surface area contributed by atoms with Crippen LogP contribution in [0.2, 0.25) is 0 Å². The number of hydrogen-bond acceptors (Lipinski definition) is 0. The first-order valence-corrected chi connectivity index (χ1v) is 3.86. The van der Waals surface area contributed by atoms with E-state index in [0.717, 1.165) is 12.0 Å². The fourth-order valence-corrected chi connectivity index (χ4v) is 1.15. The largest absolute Gasteiger partial charge is 0.0827 e. The SMILES string of the molecule is CC1=CCC=CC(Cl)=C1Cl. The van der Waals surface area contributed by atoms with E-state index in [1.165, 1.54) is 0 Å². The highest BCUT2D eigenvalue weighted by Gasteiger charge is 2.02. The van der Waals surface area contributed by atoms with E-state index in [9.17, 15) is 0 Å². The van der Waals surface area contributed by atoms with E-state index in [2.05, 4.69) is 0 Å². The molecule has 1 rings (SSSR count). The molecule has 0 amide bonds. The summed E-state index contributed by atoms with van der Waals surface area (Å²) >= 11 is 11.6. The number of hydrogen-bond donors (Lipinski definition) is 0. The fourth-order valence-electron chi connectivity index (χ4n) is 0.767. The molecule has 2 heteroatoms. The molecule has 0 N–H and O–H groups in total. The third-order valence-corrected chi connectivity index (χ3v) is 2.29. The van der Waals surface area contributed by atoms with E-state index in [4.69, 9.17) is 23.2 Å². The van der Waals surface area contributed by atoms with Crippen molar-refractivity contribution in [2.24, 2.45) is 0 Å². The number of rotatable bonds is 0. The highest BCUT2D eigenvalue weighted by atomic mass is 35.5. The van der Waals surface area contributed by atoms with Crippen molar-refractivity contribution in [1.29, 1.82) is 0 Å². The molecule has 0 aromatic carbocycles. The van der Waals surface area contributed by atoms with E-state index >= 15 is 0 Å². The van der Waals surface area contributed by atoms with E-state index in [1.807, 2.05) is 25.2 Å². The second-order valence-corrected chi connectivity index (χ2v) is 2.97. The zero-order valence-corrected chi connectivity index (χ0v) is 7.21. The molecule has 0 aliphatic heterocycles. The van der Waals surface area contributed by atoms with Gasteiger partial charge in [-0.15, -0.1) is 0 Å². The van der Waals surface area contributed by atoms with Crippen molar-refractivity contribution in [3.8, 4) is 0 Å². The van der Waals surface area contributed by atoms with Crippen LogP contribution in [-0.2, 0) is 0 Å². The third-order valence-electron chi connectivity index (χ3n) is 1.38. The molecule has 54 valence electrons. The zero-order valence-electron chi connectivity index (χ0n) is 5.70. The minimum Gasteiger partial charge on any atom is -0.0827 e. The first-order valence-electron chi connectivity index (χ1n) is 3.11. The maximum atomic E-state index is 5.85. The van der Waals surface area contributed by atoms with E-state index in [1.54, 1.807) is 0 Å². The average Bonchev–Trinajstić information content (AvgIpc) is 2.04. The second kappa shape index (κ2) is 3.27. The summed E-state index contributed by atoms with van der Waals surface area (Å²) in [6.45, 7) is 1.96. The van der Waals surface area contributed by atoms with Crippen LogP contribution in [0, 0.1) is 0 Å². The minimum absolute atomic E-state index is 0.632. The van der Waals surface area contributed by atoms with Crippen LogP contribution in [0.1, 0.15) is 13.3 Å². The highest BCUT2D eigenvalue weighted by molar-refractivity contribution is 6.41. The summed E-state index contributed by atoms with van der Waals surface area (Å²) in [5.74, 6) is 0. The summed E-state index contributed by atoms with van der Waals surface area (Å²) in [6.07, 6.45) is 6.78.